The number of anilines is 3. The molecule has 0 aliphatic heterocycles. The summed E-state index contributed by atoms with van der Waals surface area (Å²) < 4.78 is 26.4. The van der Waals surface area contributed by atoms with Crippen LogP contribution in [0.25, 0.3) is 11.1 Å². The number of aromatic nitrogens is 4. The summed E-state index contributed by atoms with van der Waals surface area (Å²) in [5.74, 6) is 1.14. The lowest BCUT2D eigenvalue weighted by Crippen LogP contribution is -2.15. The van der Waals surface area contributed by atoms with Gasteiger partial charge in [-0.3, -0.25) is 9.82 Å². The van der Waals surface area contributed by atoms with Crippen molar-refractivity contribution in [3.63, 3.8) is 0 Å². The number of aromatic amines is 1. The fourth-order valence-corrected chi connectivity index (χ4v) is 2.79. The van der Waals surface area contributed by atoms with Crippen molar-refractivity contribution in [2.45, 2.75) is 6.92 Å². The average Bonchev–Trinajstić information content (AvgIpc) is 3.04. The van der Waals surface area contributed by atoms with Gasteiger partial charge in [0.1, 0.15) is 5.82 Å². The maximum Gasteiger partial charge on any atom is 0.232 e. The van der Waals surface area contributed by atoms with Crippen LogP contribution in [0.4, 0.5) is 17.3 Å². The summed E-state index contributed by atoms with van der Waals surface area (Å²) in [6.45, 7) is 1.59. The minimum atomic E-state index is -3.38. The summed E-state index contributed by atoms with van der Waals surface area (Å²) in [6.07, 6.45) is 3.20. The van der Waals surface area contributed by atoms with Gasteiger partial charge in [0.05, 0.1) is 17.6 Å². The number of rotatable bonds is 6. The molecule has 0 saturated carbocycles. The fourth-order valence-electron chi connectivity index (χ4n) is 2.13. The van der Waals surface area contributed by atoms with Gasteiger partial charge in [0.2, 0.25) is 10.0 Å². The molecule has 0 unspecified atom stereocenters. The quantitative estimate of drug-likeness (QED) is 0.633. The number of H-pyrrole nitrogens is 1. The first-order chi connectivity index (χ1) is 11.6. The van der Waals surface area contributed by atoms with Gasteiger partial charge in [-0.1, -0.05) is 18.2 Å². The normalized spacial score (nSPS) is 11.2. The zero-order valence-corrected chi connectivity index (χ0v) is 13.7. The first kappa shape index (κ1) is 15.9. The van der Waals surface area contributed by atoms with E-state index in [1.807, 2.05) is 12.1 Å². The minimum Gasteiger partial charge on any atom is -0.323 e. The molecule has 0 spiro atoms. The van der Waals surface area contributed by atoms with Crippen molar-refractivity contribution >= 4 is 27.3 Å². The van der Waals surface area contributed by atoms with E-state index in [-0.39, 0.29) is 5.75 Å². The third kappa shape index (κ3) is 3.51. The summed E-state index contributed by atoms with van der Waals surface area (Å²) >= 11 is 0. The van der Waals surface area contributed by atoms with Crippen LogP contribution in [0, 0.1) is 0 Å². The van der Waals surface area contributed by atoms with Crippen LogP contribution in [0.1, 0.15) is 6.92 Å². The van der Waals surface area contributed by atoms with Crippen LogP contribution in [0.3, 0.4) is 0 Å². The second kappa shape index (κ2) is 6.67. The number of nitrogens with zero attached hydrogens (tertiary/aromatic N) is 3. The van der Waals surface area contributed by atoms with Crippen molar-refractivity contribution < 1.29 is 8.42 Å². The van der Waals surface area contributed by atoms with Gasteiger partial charge in [0.25, 0.3) is 0 Å². The van der Waals surface area contributed by atoms with E-state index in [9.17, 15) is 8.42 Å². The number of benzene rings is 1. The molecular formula is C15H16N6O2S. The Morgan fingerprint density at radius 3 is 2.71 bits per heavy atom. The van der Waals surface area contributed by atoms with Crippen LogP contribution >= 0.6 is 0 Å². The molecule has 0 saturated heterocycles. The Kier molecular flexibility index (Phi) is 4.43. The van der Waals surface area contributed by atoms with E-state index in [4.69, 9.17) is 0 Å². The molecule has 24 heavy (non-hydrogen) atoms. The summed E-state index contributed by atoms with van der Waals surface area (Å²) in [5.41, 5.74) is 1.91. The molecular weight excluding hydrogens is 328 g/mol. The molecule has 0 bridgehead atoms. The summed E-state index contributed by atoms with van der Waals surface area (Å²) in [6, 6.07) is 10.7. The molecule has 0 aliphatic rings. The van der Waals surface area contributed by atoms with Crippen LogP contribution in [-0.4, -0.2) is 34.6 Å². The van der Waals surface area contributed by atoms with Gasteiger partial charge in [-0.2, -0.15) is 10.2 Å². The zero-order chi connectivity index (χ0) is 17.0. The summed E-state index contributed by atoms with van der Waals surface area (Å²) in [7, 11) is -3.38. The van der Waals surface area contributed by atoms with E-state index >= 15 is 0 Å². The Labute approximate surface area is 139 Å². The highest BCUT2D eigenvalue weighted by Crippen LogP contribution is 2.33. The zero-order valence-electron chi connectivity index (χ0n) is 12.9. The van der Waals surface area contributed by atoms with E-state index in [1.165, 1.54) is 0 Å². The van der Waals surface area contributed by atoms with Crippen molar-refractivity contribution in [2.24, 2.45) is 0 Å². The third-order valence-corrected chi connectivity index (χ3v) is 4.62. The molecule has 124 valence electrons. The summed E-state index contributed by atoms with van der Waals surface area (Å²) in [5, 5.41) is 17.7. The predicted molar refractivity (Wildman–Crippen MR) is 92.4 cm³/mol. The van der Waals surface area contributed by atoms with E-state index in [0.29, 0.717) is 22.9 Å². The number of nitrogens with one attached hydrogen (secondary N) is 3. The highest BCUT2D eigenvalue weighted by molar-refractivity contribution is 7.92. The molecule has 2 heterocycles. The maximum absolute atomic E-state index is 11.9. The van der Waals surface area contributed by atoms with Crippen molar-refractivity contribution in [1.82, 2.24) is 20.4 Å². The molecule has 1 aromatic carbocycles. The molecule has 3 rings (SSSR count). The largest absolute Gasteiger partial charge is 0.323 e. The minimum absolute atomic E-state index is 0.00255. The fraction of sp³-hybridized carbons (Fsp3) is 0.133. The second-order valence-corrected chi connectivity index (χ2v) is 6.95. The Morgan fingerprint density at radius 1 is 1.12 bits per heavy atom. The molecule has 8 nitrogen and oxygen atoms in total. The highest BCUT2D eigenvalue weighted by Gasteiger charge is 2.15. The molecule has 2 aromatic heterocycles. The Morgan fingerprint density at radius 2 is 1.96 bits per heavy atom. The van der Waals surface area contributed by atoms with Gasteiger partial charge in [0.15, 0.2) is 5.82 Å². The first-order valence-electron chi connectivity index (χ1n) is 7.27. The van der Waals surface area contributed by atoms with Crippen LogP contribution < -0.4 is 10.0 Å². The Hall–Kier alpha value is -2.94. The molecule has 0 radical (unpaired) electrons. The van der Waals surface area contributed by atoms with Gasteiger partial charge in [0, 0.05) is 17.3 Å². The lowest BCUT2D eigenvalue weighted by molar-refractivity contribution is 0.602. The van der Waals surface area contributed by atoms with Gasteiger partial charge >= 0.3 is 0 Å². The highest BCUT2D eigenvalue weighted by atomic mass is 32.2. The average molecular weight is 344 g/mol. The van der Waals surface area contributed by atoms with Crippen LogP contribution in [0.2, 0.25) is 0 Å². The molecule has 0 aliphatic carbocycles. The number of para-hydroxylation sites is 1. The third-order valence-electron chi connectivity index (χ3n) is 3.33. The van der Waals surface area contributed by atoms with Crippen LogP contribution in [0.5, 0.6) is 0 Å². The number of hydrogen-bond donors (Lipinski definition) is 3. The monoisotopic (exact) mass is 344 g/mol. The topological polar surface area (TPSA) is 113 Å². The number of sulfonamides is 1. The van der Waals surface area contributed by atoms with Crippen molar-refractivity contribution in [1.29, 1.82) is 0 Å². The molecule has 3 N–H and O–H groups in total. The van der Waals surface area contributed by atoms with E-state index in [2.05, 4.69) is 30.4 Å². The lowest BCUT2D eigenvalue weighted by atomic mass is 10.1. The van der Waals surface area contributed by atoms with E-state index in [1.54, 1.807) is 43.6 Å². The van der Waals surface area contributed by atoms with Gasteiger partial charge in [-0.05, 0) is 25.1 Å². The van der Waals surface area contributed by atoms with Crippen LogP contribution in [-0.2, 0) is 10.0 Å². The molecule has 9 heteroatoms. The standard InChI is InChI=1S/C15H16N6O2S/c1-2-24(22,23)21-13-7-4-3-6-11(13)12-10-17-20-15(12)18-14-8-5-9-16-19-14/h3-10,21H,2H2,1H3,(H2,17,18,19,20). The van der Waals surface area contributed by atoms with E-state index < -0.39 is 10.0 Å². The maximum atomic E-state index is 11.9. The van der Waals surface area contributed by atoms with Crippen molar-refractivity contribution in [2.75, 3.05) is 15.8 Å². The molecule has 0 atom stereocenters. The van der Waals surface area contributed by atoms with Gasteiger partial charge < -0.3 is 5.32 Å². The summed E-state index contributed by atoms with van der Waals surface area (Å²) in [4.78, 5) is 0. The second-order valence-electron chi connectivity index (χ2n) is 4.94. The molecule has 3 aromatic rings. The smallest absolute Gasteiger partial charge is 0.232 e. The van der Waals surface area contributed by atoms with Crippen molar-refractivity contribution in [3.05, 3.63) is 48.8 Å². The Bertz CT molecular complexity index is 924. The Balaban J connectivity index is 1.98. The predicted octanol–water partition coefficient (Wildman–Crippen LogP) is 2.37. The van der Waals surface area contributed by atoms with Crippen molar-refractivity contribution in [3.8, 4) is 11.1 Å². The van der Waals surface area contributed by atoms with Gasteiger partial charge in [-0.15, -0.1) is 5.10 Å². The molecule has 0 fully saturated rings. The van der Waals surface area contributed by atoms with Gasteiger partial charge in [-0.25, -0.2) is 8.42 Å². The first-order valence-corrected chi connectivity index (χ1v) is 8.92. The van der Waals surface area contributed by atoms with E-state index in [0.717, 1.165) is 5.56 Å². The SMILES string of the molecule is CCS(=O)(=O)Nc1ccccc1-c1cn[nH]c1Nc1cccnn1. The lowest BCUT2D eigenvalue weighted by Gasteiger charge is -2.12. The van der Waals surface area contributed by atoms with Crippen LogP contribution in [0.15, 0.2) is 48.8 Å². The molecule has 0 amide bonds. The number of hydrogen-bond acceptors (Lipinski definition) is 6.